The second-order valence-electron chi connectivity index (χ2n) is 6.31. The molecule has 1 aliphatic heterocycles. The van der Waals surface area contributed by atoms with Gasteiger partial charge in [-0.3, -0.25) is 9.69 Å². The van der Waals surface area contributed by atoms with Gasteiger partial charge in [-0.05, 0) is 18.6 Å². The first kappa shape index (κ1) is 20.7. The molecule has 26 heavy (non-hydrogen) atoms. The second-order valence-corrected chi connectivity index (χ2v) is 8.22. The van der Waals surface area contributed by atoms with Crippen LogP contribution in [-0.4, -0.2) is 62.8 Å². The summed E-state index contributed by atoms with van der Waals surface area (Å²) in [6, 6.07) is 2.43. The molecule has 9 heteroatoms. The summed E-state index contributed by atoms with van der Waals surface area (Å²) < 4.78 is 53.0. The maximum atomic E-state index is 13.8. The number of nitrogens with zero attached hydrogens (tertiary/aromatic N) is 2. The molecule has 1 heterocycles. The lowest BCUT2D eigenvalue weighted by molar-refractivity contribution is -0.122. The van der Waals surface area contributed by atoms with Crippen LogP contribution in [0.4, 0.5) is 8.78 Å². The number of carbonyl (C=O) groups excluding carboxylic acids is 1. The number of benzene rings is 1. The van der Waals surface area contributed by atoms with Crippen LogP contribution >= 0.6 is 0 Å². The molecule has 0 radical (unpaired) electrons. The van der Waals surface area contributed by atoms with Crippen LogP contribution in [0.25, 0.3) is 0 Å². The predicted molar refractivity (Wildman–Crippen MR) is 94.1 cm³/mol. The van der Waals surface area contributed by atoms with E-state index in [0.717, 1.165) is 31.4 Å². The average Bonchev–Trinajstić information content (AvgIpc) is 2.59. The van der Waals surface area contributed by atoms with Crippen LogP contribution in [0.1, 0.15) is 26.2 Å². The van der Waals surface area contributed by atoms with Crippen LogP contribution in [0.2, 0.25) is 0 Å². The first-order chi connectivity index (χ1) is 12.3. The number of piperazine rings is 1. The van der Waals surface area contributed by atoms with Gasteiger partial charge in [0.15, 0.2) is 0 Å². The number of hydrogen-bond donors (Lipinski definition) is 1. The highest BCUT2D eigenvalue weighted by Crippen LogP contribution is 2.21. The van der Waals surface area contributed by atoms with E-state index >= 15 is 0 Å². The number of sulfonamides is 1. The van der Waals surface area contributed by atoms with Crippen molar-refractivity contribution in [2.45, 2.75) is 31.1 Å². The minimum atomic E-state index is -4.02. The lowest BCUT2D eigenvalue weighted by atomic mass is 10.2. The molecule has 2 rings (SSSR count). The lowest BCUT2D eigenvalue weighted by Crippen LogP contribution is -2.51. The predicted octanol–water partition coefficient (Wildman–Crippen LogP) is 1.58. The fourth-order valence-corrected chi connectivity index (χ4v) is 4.28. The van der Waals surface area contributed by atoms with Crippen molar-refractivity contribution in [1.82, 2.24) is 14.5 Å². The normalized spacial score (nSPS) is 16.6. The lowest BCUT2D eigenvalue weighted by Gasteiger charge is -2.33. The third kappa shape index (κ3) is 5.46. The molecular weight excluding hydrogens is 364 g/mol. The summed E-state index contributed by atoms with van der Waals surface area (Å²) in [5.41, 5.74) is 0. The molecule has 0 aromatic heterocycles. The number of amides is 1. The zero-order valence-corrected chi connectivity index (χ0v) is 15.7. The van der Waals surface area contributed by atoms with Gasteiger partial charge >= 0.3 is 0 Å². The third-order valence-corrected chi connectivity index (χ3v) is 6.24. The van der Waals surface area contributed by atoms with Crippen LogP contribution in [0.5, 0.6) is 0 Å². The number of halogens is 2. The molecule has 0 bridgehead atoms. The summed E-state index contributed by atoms with van der Waals surface area (Å²) in [4.78, 5) is 13.2. The molecule has 1 saturated heterocycles. The Kier molecular flexibility index (Phi) is 7.48. The Labute approximate surface area is 153 Å². The Morgan fingerprint density at radius 2 is 1.85 bits per heavy atom. The Morgan fingerprint density at radius 3 is 2.46 bits per heavy atom. The number of hydrogen-bond acceptors (Lipinski definition) is 4. The van der Waals surface area contributed by atoms with Crippen molar-refractivity contribution in [3.8, 4) is 0 Å². The van der Waals surface area contributed by atoms with Crippen molar-refractivity contribution in [1.29, 1.82) is 0 Å². The fourth-order valence-electron chi connectivity index (χ4n) is 2.81. The van der Waals surface area contributed by atoms with E-state index in [1.54, 1.807) is 0 Å². The summed E-state index contributed by atoms with van der Waals surface area (Å²) in [7, 11) is -4.02. The van der Waals surface area contributed by atoms with Gasteiger partial charge < -0.3 is 5.32 Å². The summed E-state index contributed by atoms with van der Waals surface area (Å²) in [6.07, 6.45) is 3.09. The molecule has 1 amide bonds. The van der Waals surface area contributed by atoms with Crippen molar-refractivity contribution in [2.75, 3.05) is 39.3 Å². The quantitative estimate of drug-likeness (QED) is 0.686. The SMILES string of the molecule is CCCCCNC(=O)CN1CCN(S(=O)(=O)c2ccc(F)cc2F)CC1. The number of nitrogens with one attached hydrogen (secondary N) is 1. The molecule has 1 N–H and O–H groups in total. The van der Waals surface area contributed by atoms with Gasteiger partial charge in [0.05, 0.1) is 6.54 Å². The van der Waals surface area contributed by atoms with E-state index in [2.05, 4.69) is 12.2 Å². The van der Waals surface area contributed by atoms with E-state index in [1.165, 1.54) is 4.31 Å². The summed E-state index contributed by atoms with van der Waals surface area (Å²) in [5, 5.41) is 2.85. The molecule has 0 aliphatic carbocycles. The van der Waals surface area contributed by atoms with Crippen molar-refractivity contribution in [3.63, 3.8) is 0 Å². The van der Waals surface area contributed by atoms with Crippen LogP contribution < -0.4 is 5.32 Å². The Balaban J connectivity index is 1.86. The zero-order chi connectivity index (χ0) is 19.2. The fraction of sp³-hybridized carbons (Fsp3) is 0.588. The third-order valence-electron chi connectivity index (χ3n) is 4.31. The highest BCUT2D eigenvalue weighted by atomic mass is 32.2. The van der Waals surface area contributed by atoms with Crippen LogP contribution in [-0.2, 0) is 14.8 Å². The van der Waals surface area contributed by atoms with Crippen molar-refractivity contribution >= 4 is 15.9 Å². The van der Waals surface area contributed by atoms with Crippen LogP contribution in [0.15, 0.2) is 23.1 Å². The van der Waals surface area contributed by atoms with Gasteiger partial charge in [-0.15, -0.1) is 0 Å². The van der Waals surface area contributed by atoms with Gasteiger partial charge in [-0.2, -0.15) is 4.31 Å². The van der Waals surface area contributed by atoms with Gasteiger partial charge in [-0.25, -0.2) is 17.2 Å². The number of carbonyl (C=O) groups is 1. The Bertz CT molecular complexity index is 720. The maximum absolute atomic E-state index is 13.8. The molecule has 0 atom stereocenters. The van der Waals surface area contributed by atoms with Crippen LogP contribution in [0.3, 0.4) is 0 Å². The van der Waals surface area contributed by atoms with Gasteiger partial charge in [-0.1, -0.05) is 19.8 Å². The minimum absolute atomic E-state index is 0.0815. The van der Waals surface area contributed by atoms with Gasteiger partial charge in [0, 0.05) is 38.8 Å². The van der Waals surface area contributed by atoms with Crippen molar-refractivity contribution in [2.24, 2.45) is 0 Å². The Morgan fingerprint density at radius 1 is 1.15 bits per heavy atom. The van der Waals surface area contributed by atoms with Crippen molar-refractivity contribution < 1.29 is 22.0 Å². The molecule has 0 spiro atoms. The van der Waals surface area contributed by atoms with E-state index in [-0.39, 0.29) is 25.5 Å². The van der Waals surface area contributed by atoms with E-state index in [0.29, 0.717) is 25.7 Å². The molecular formula is C17H25F2N3O3S. The van der Waals surface area contributed by atoms with E-state index < -0.39 is 26.6 Å². The topological polar surface area (TPSA) is 69.7 Å². The van der Waals surface area contributed by atoms with Gasteiger partial charge in [0.2, 0.25) is 15.9 Å². The highest BCUT2D eigenvalue weighted by Gasteiger charge is 2.31. The summed E-state index contributed by atoms with van der Waals surface area (Å²) in [5.74, 6) is -2.00. The van der Waals surface area contributed by atoms with E-state index in [4.69, 9.17) is 0 Å². The average molecular weight is 389 g/mol. The summed E-state index contributed by atoms with van der Waals surface area (Å²) in [6.45, 7) is 4.02. The summed E-state index contributed by atoms with van der Waals surface area (Å²) >= 11 is 0. The molecule has 1 aliphatic rings. The molecule has 6 nitrogen and oxygen atoms in total. The Hall–Kier alpha value is -1.58. The van der Waals surface area contributed by atoms with Gasteiger partial charge in [0.25, 0.3) is 0 Å². The first-order valence-corrected chi connectivity index (χ1v) is 10.2. The minimum Gasteiger partial charge on any atom is -0.355 e. The first-order valence-electron chi connectivity index (χ1n) is 8.79. The molecule has 1 aromatic rings. The molecule has 0 unspecified atom stereocenters. The molecule has 0 saturated carbocycles. The molecule has 1 fully saturated rings. The number of unbranched alkanes of at least 4 members (excludes halogenated alkanes) is 2. The second kappa shape index (κ2) is 9.38. The largest absolute Gasteiger partial charge is 0.355 e. The highest BCUT2D eigenvalue weighted by molar-refractivity contribution is 7.89. The molecule has 1 aromatic carbocycles. The van der Waals surface area contributed by atoms with Crippen LogP contribution in [0, 0.1) is 11.6 Å². The zero-order valence-electron chi connectivity index (χ0n) is 14.9. The van der Waals surface area contributed by atoms with E-state index in [1.807, 2.05) is 4.90 Å². The monoisotopic (exact) mass is 389 g/mol. The number of rotatable bonds is 8. The standard InChI is InChI=1S/C17H25F2N3O3S/c1-2-3-4-7-20-17(23)13-21-8-10-22(11-9-21)26(24,25)16-6-5-14(18)12-15(16)19/h5-6,12H,2-4,7-11,13H2,1H3,(H,20,23). The molecule has 146 valence electrons. The van der Waals surface area contributed by atoms with E-state index in [9.17, 15) is 22.0 Å². The smallest absolute Gasteiger partial charge is 0.246 e. The maximum Gasteiger partial charge on any atom is 0.246 e. The van der Waals surface area contributed by atoms with Crippen molar-refractivity contribution in [3.05, 3.63) is 29.8 Å². The van der Waals surface area contributed by atoms with Gasteiger partial charge in [0.1, 0.15) is 16.5 Å².